The second-order valence-electron chi connectivity index (χ2n) is 5.15. The molecule has 0 spiro atoms. The van der Waals surface area contributed by atoms with Crippen LogP contribution in [0.15, 0.2) is 53.9 Å². The van der Waals surface area contributed by atoms with E-state index in [0.29, 0.717) is 38.5 Å². The maximum atomic E-state index is 11.5. The van der Waals surface area contributed by atoms with Crippen LogP contribution in [0.3, 0.4) is 0 Å². The van der Waals surface area contributed by atoms with Crippen molar-refractivity contribution in [1.82, 2.24) is 10.2 Å². The molecular formula is C16H10ClN5O2. The van der Waals surface area contributed by atoms with Gasteiger partial charge in [0.25, 0.3) is 5.69 Å². The Hall–Kier alpha value is -3.19. The van der Waals surface area contributed by atoms with Crippen LogP contribution in [0, 0.1) is 10.1 Å². The van der Waals surface area contributed by atoms with Gasteiger partial charge in [0.1, 0.15) is 5.52 Å². The Labute approximate surface area is 140 Å². The predicted molar refractivity (Wildman–Crippen MR) is 92.6 cm³/mol. The zero-order valence-electron chi connectivity index (χ0n) is 12.2. The molecule has 0 saturated carbocycles. The molecule has 0 unspecified atom stereocenters. The van der Waals surface area contributed by atoms with Crippen LogP contribution in [0.25, 0.3) is 10.9 Å². The Morgan fingerprint density at radius 2 is 2.04 bits per heavy atom. The number of rotatable bonds is 2. The van der Waals surface area contributed by atoms with Gasteiger partial charge in [-0.1, -0.05) is 29.8 Å². The summed E-state index contributed by atoms with van der Waals surface area (Å²) in [5.74, 6) is 0. The van der Waals surface area contributed by atoms with Gasteiger partial charge in [-0.15, -0.1) is 0 Å². The number of fused-ring (bicyclic) bond motifs is 3. The lowest BCUT2D eigenvalue weighted by atomic mass is 9.98. The highest BCUT2D eigenvalue weighted by molar-refractivity contribution is 6.36. The average Bonchev–Trinajstić information content (AvgIpc) is 2.96. The molecule has 2 heterocycles. The molecule has 1 aromatic heterocycles. The monoisotopic (exact) mass is 339 g/mol. The summed E-state index contributed by atoms with van der Waals surface area (Å²) in [5, 5.41) is 22.3. The Kier molecular flexibility index (Phi) is 3.28. The van der Waals surface area contributed by atoms with Crippen molar-refractivity contribution in [3.63, 3.8) is 0 Å². The summed E-state index contributed by atoms with van der Waals surface area (Å²) in [6.45, 7) is 0. The second kappa shape index (κ2) is 5.47. The number of nitrogens with zero attached hydrogens (tertiary/aromatic N) is 3. The number of aromatic amines is 1. The number of nitrogens with one attached hydrogen (secondary N) is 2. The fraction of sp³-hybridized carbons (Fsp3) is 0. The molecule has 0 aliphatic carbocycles. The van der Waals surface area contributed by atoms with E-state index in [4.69, 9.17) is 11.6 Å². The van der Waals surface area contributed by atoms with Crippen LogP contribution in [0.2, 0.25) is 5.02 Å². The number of anilines is 1. The van der Waals surface area contributed by atoms with Gasteiger partial charge in [0, 0.05) is 34.6 Å². The molecule has 0 radical (unpaired) electrons. The van der Waals surface area contributed by atoms with Gasteiger partial charge in [0.05, 0.1) is 27.9 Å². The first-order valence-corrected chi connectivity index (χ1v) is 7.43. The van der Waals surface area contributed by atoms with Crippen molar-refractivity contribution in [1.29, 1.82) is 0 Å². The van der Waals surface area contributed by atoms with Crippen molar-refractivity contribution >= 4 is 39.6 Å². The first kappa shape index (κ1) is 14.4. The average molecular weight is 340 g/mol. The van der Waals surface area contributed by atoms with Crippen LogP contribution in [-0.2, 0) is 0 Å². The van der Waals surface area contributed by atoms with Gasteiger partial charge in [-0.25, -0.2) is 0 Å². The summed E-state index contributed by atoms with van der Waals surface area (Å²) in [4.78, 5) is 15.4. The largest absolute Gasteiger partial charge is 0.359 e. The first-order chi connectivity index (χ1) is 11.7. The fourth-order valence-corrected chi connectivity index (χ4v) is 2.98. The number of halogens is 1. The maximum absolute atomic E-state index is 11.5. The Morgan fingerprint density at radius 3 is 2.83 bits per heavy atom. The fourth-order valence-electron chi connectivity index (χ4n) is 2.75. The normalized spacial score (nSPS) is 13.1. The third-order valence-electron chi connectivity index (χ3n) is 3.80. The minimum Gasteiger partial charge on any atom is -0.359 e. The molecule has 4 rings (SSSR count). The molecule has 1 aliphatic heterocycles. The summed E-state index contributed by atoms with van der Waals surface area (Å²) in [5.41, 5.74) is 2.84. The molecule has 3 aromatic rings. The van der Waals surface area contributed by atoms with E-state index in [1.807, 2.05) is 18.2 Å². The highest BCUT2D eigenvalue weighted by atomic mass is 35.5. The van der Waals surface area contributed by atoms with E-state index in [2.05, 4.69) is 20.5 Å². The van der Waals surface area contributed by atoms with Crippen molar-refractivity contribution in [2.45, 2.75) is 0 Å². The number of aromatic nitrogens is 2. The van der Waals surface area contributed by atoms with Gasteiger partial charge in [-0.3, -0.25) is 20.2 Å². The molecule has 0 fully saturated rings. The smallest absolute Gasteiger partial charge is 0.295 e. The molecule has 8 heteroatoms. The number of benzene rings is 2. The van der Waals surface area contributed by atoms with Crippen molar-refractivity contribution in [3.8, 4) is 0 Å². The van der Waals surface area contributed by atoms with Gasteiger partial charge in [-0.2, -0.15) is 5.10 Å². The number of non-ortho nitro benzene ring substituents is 1. The molecule has 1 aliphatic rings. The van der Waals surface area contributed by atoms with Crippen LogP contribution < -0.4 is 5.32 Å². The topological polar surface area (TPSA) is 96.2 Å². The summed E-state index contributed by atoms with van der Waals surface area (Å²) in [6, 6.07) is 8.73. The highest BCUT2D eigenvalue weighted by Gasteiger charge is 2.25. The van der Waals surface area contributed by atoms with Crippen molar-refractivity contribution in [3.05, 3.63) is 75.2 Å². The third kappa shape index (κ3) is 2.14. The molecule has 24 heavy (non-hydrogen) atoms. The number of nitro benzene ring substituents is 1. The van der Waals surface area contributed by atoms with Crippen molar-refractivity contribution in [2.75, 3.05) is 5.32 Å². The lowest BCUT2D eigenvalue weighted by Gasteiger charge is -2.12. The quantitative estimate of drug-likeness (QED) is 0.547. The number of H-pyrrole nitrogens is 1. The first-order valence-electron chi connectivity index (χ1n) is 7.06. The summed E-state index contributed by atoms with van der Waals surface area (Å²) in [7, 11) is 0. The summed E-state index contributed by atoms with van der Waals surface area (Å²) >= 11 is 6.30. The standard InChI is InChI=1S/C16H10ClN5O2/c17-12-4-2-1-3-9(12)14-10-7-13(22(23)24)16-11(8-20-21-16)15(10)19-6-5-18-14/h1-8,19H,(H,20,21). The number of aliphatic imine (C=N–C) groups is 1. The zero-order valence-corrected chi connectivity index (χ0v) is 12.9. The van der Waals surface area contributed by atoms with E-state index in [0.717, 1.165) is 0 Å². The molecule has 0 atom stereocenters. The number of hydrogen-bond acceptors (Lipinski definition) is 5. The zero-order chi connectivity index (χ0) is 16.7. The van der Waals surface area contributed by atoms with E-state index in [1.165, 1.54) is 6.07 Å². The molecule has 0 bridgehead atoms. The third-order valence-corrected chi connectivity index (χ3v) is 4.13. The Bertz CT molecular complexity index is 1040. The minimum absolute atomic E-state index is 0.0651. The van der Waals surface area contributed by atoms with Crippen LogP contribution in [0.5, 0.6) is 0 Å². The van der Waals surface area contributed by atoms with Crippen molar-refractivity contribution < 1.29 is 4.92 Å². The van der Waals surface area contributed by atoms with Crippen LogP contribution in [0.4, 0.5) is 11.4 Å². The Balaban J connectivity index is 2.07. The maximum Gasteiger partial charge on any atom is 0.295 e. The van der Waals surface area contributed by atoms with Gasteiger partial charge < -0.3 is 5.32 Å². The van der Waals surface area contributed by atoms with E-state index < -0.39 is 4.92 Å². The molecular weight excluding hydrogens is 330 g/mol. The molecule has 7 nitrogen and oxygen atoms in total. The molecule has 2 N–H and O–H groups in total. The van der Waals surface area contributed by atoms with Crippen molar-refractivity contribution in [2.24, 2.45) is 4.99 Å². The highest BCUT2D eigenvalue weighted by Crippen LogP contribution is 2.36. The van der Waals surface area contributed by atoms with Crippen LogP contribution >= 0.6 is 11.6 Å². The van der Waals surface area contributed by atoms with Gasteiger partial charge in [0.15, 0.2) is 0 Å². The van der Waals surface area contributed by atoms with Gasteiger partial charge in [0.2, 0.25) is 0 Å². The molecule has 0 saturated heterocycles. The van der Waals surface area contributed by atoms with E-state index in [1.54, 1.807) is 24.7 Å². The second-order valence-corrected chi connectivity index (χ2v) is 5.56. The summed E-state index contributed by atoms with van der Waals surface area (Å²) < 4.78 is 0. The Morgan fingerprint density at radius 1 is 1.21 bits per heavy atom. The molecule has 2 aromatic carbocycles. The van der Waals surface area contributed by atoms with Crippen LogP contribution in [0.1, 0.15) is 11.1 Å². The SMILES string of the molecule is O=[N+]([O-])c1cc2c(c3cn[nH]c13)NC=CN=C2c1ccccc1Cl. The van der Waals surface area contributed by atoms with Gasteiger partial charge in [-0.05, 0) is 6.07 Å². The van der Waals surface area contributed by atoms with E-state index in [-0.39, 0.29) is 5.69 Å². The van der Waals surface area contributed by atoms with E-state index in [9.17, 15) is 10.1 Å². The van der Waals surface area contributed by atoms with Gasteiger partial charge >= 0.3 is 0 Å². The number of hydrogen-bond donors (Lipinski definition) is 2. The minimum atomic E-state index is -0.441. The predicted octanol–water partition coefficient (Wildman–Crippen LogP) is 3.86. The summed E-state index contributed by atoms with van der Waals surface area (Å²) in [6.07, 6.45) is 4.81. The van der Waals surface area contributed by atoms with Crippen LogP contribution in [-0.4, -0.2) is 20.8 Å². The van der Waals surface area contributed by atoms with E-state index >= 15 is 0 Å². The lowest BCUT2D eigenvalue weighted by Crippen LogP contribution is -2.07. The molecule has 118 valence electrons. The molecule has 0 amide bonds. The lowest BCUT2D eigenvalue weighted by molar-refractivity contribution is -0.383. The number of nitro groups is 1.